The molecule has 0 spiro atoms. The molecule has 3 N–H and O–H groups in total. The van der Waals surface area contributed by atoms with Gasteiger partial charge in [-0.3, -0.25) is 0 Å². The second-order valence-corrected chi connectivity index (χ2v) is 9.77. The van der Waals surface area contributed by atoms with Crippen molar-refractivity contribution in [3.8, 4) is 0 Å². The third-order valence-electron chi connectivity index (χ3n) is 7.22. The van der Waals surface area contributed by atoms with Crippen LogP contribution in [0, 0.1) is 23.2 Å². The van der Waals surface area contributed by atoms with E-state index in [1.807, 2.05) is 0 Å². The van der Waals surface area contributed by atoms with Crippen LogP contribution in [0.3, 0.4) is 0 Å². The van der Waals surface area contributed by atoms with Gasteiger partial charge in [-0.2, -0.15) is 5.12 Å². The van der Waals surface area contributed by atoms with E-state index in [-0.39, 0.29) is 12.1 Å². The van der Waals surface area contributed by atoms with Crippen LogP contribution in [0.1, 0.15) is 79.6 Å². The normalized spacial score (nSPS) is 42.8. The van der Waals surface area contributed by atoms with Gasteiger partial charge in [-0.25, -0.2) is 10.9 Å². The fourth-order valence-electron chi connectivity index (χ4n) is 5.14. The SMILES string of the molecule is CCC(C)C1CC(C(C)(C)C)CC(N2NC3CCCCC3N2)C1O. The molecule has 0 aromatic rings. The van der Waals surface area contributed by atoms with Gasteiger partial charge in [0, 0.05) is 12.1 Å². The zero-order valence-electron chi connectivity index (χ0n) is 16.4. The Morgan fingerprint density at radius 3 is 2.17 bits per heavy atom. The van der Waals surface area contributed by atoms with Gasteiger partial charge in [-0.1, -0.05) is 53.9 Å². The van der Waals surface area contributed by atoms with Crippen molar-refractivity contribution >= 4 is 0 Å². The summed E-state index contributed by atoms with van der Waals surface area (Å²) < 4.78 is 0. The Kier molecular flexibility index (Phi) is 5.60. The number of aliphatic hydroxyl groups is 1. The average molecular weight is 338 g/mol. The van der Waals surface area contributed by atoms with Gasteiger partial charge in [-0.05, 0) is 48.9 Å². The molecule has 2 aliphatic carbocycles. The van der Waals surface area contributed by atoms with E-state index in [9.17, 15) is 5.11 Å². The molecule has 7 unspecified atom stereocenters. The van der Waals surface area contributed by atoms with Crippen molar-refractivity contribution in [2.45, 2.75) is 104 Å². The molecule has 3 fully saturated rings. The van der Waals surface area contributed by atoms with E-state index in [0.29, 0.717) is 35.3 Å². The number of rotatable bonds is 3. The van der Waals surface area contributed by atoms with Crippen LogP contribution in [0.25, 0.3) is 0 Å². The first-order valence-electron chi connectivity index (χ1n) is 10.3. The fraction of sp³-hybridized carbons (Fsp3) is 1.00. The third-order valence-corrected chi connectivity index (χ3v) is 7.22. The second kappa shape index (κ2) is 7.22. The van der Waals surface area contributed by atoms with Crippen LogP contribution in [0.5, 0.6) is 0 Å². The van der Waals surface area contributed by atoms with Gasteiger partial charge in [0.1, 0.15) is 0 Å². The minimum atomic E-state index is -0.237. The lowest BCUT2D eigenvalue weighted by atomic mass is 9.63. The van der Waals surface area contributed by atoms with E-state index in [4.69, 9.17) is 0 Å². The number of hydrazine groups is 2. The number of hydrogen-bond acceptors (Lipinski definition) is 4. The molecular weight excluding hydrogens is 298 g/mol. The summed E-state index contributed by atoms with van der Waals surface area (Å²) in [6.07, 6.45) is 8.33. The Hall–Kier alpha value is -0.160. The standard InChI is InChI=1S/C20H39N3O/c1-6-13(2)15-11-14(20(3,4)5)12-18(19(15)24)23-21-16-9-7-8-10-17(16)22-23/h13-19,21-22,24H,6-12H2,1-5H3. The summed E-state index contributed by atoms with van der Waals surface area (Å²) >= 11 is 0. The lowest BCUT2D eigenvalue weighted by Crippen LogP contribution is -2.59. The van der Waals surface area contributed by atoms with Crippen molar-refractivity contribution in [3.63, 3.8) is 0 Å². The average Bonchev–Trinajstić information content (AvgIpc) is 2.97. The largest absolute Gasteiger partial charge is 0.391 e. The van der Waals surface area contributed by atoms with Crippen molar-refractivity contribution in [3.05, 3.63) is 0 Å². The molecule has 1 saturated heterocycles. The Morgan fingerprint density at radius 2 is 1.67 bits per heavy atom. The van der Waals surface area contributed by atoms with Crippen molar-refractivity contribution in [2.24, 2.45) is 23.2 Å². The first-order valence-corrected chi connectivity index (χ1v) is 10.3. The summed E-state index contributed by atoms with van der Waals surface area (Å²) in [4.78, 5) is 0. The van der Waals surface area contributed by atoms with Gasteiger partial charge in [0.05, 0.1) is 12.1 Å². The van der Waals surface area contributed by atoms with Crippen LogP contribution in [0.15, 0.2) is 0 Å². The molecule has 0 radical (unpaired) electrons. The highest BCUT2D eigenvalue weighted by molar-refractivity contribution is 4.98. The number of hydrogen-bond donors (Lipinski definition) is 3. The highest BCUT2D eigenvalue weighted by atomic mass is 16.3. The molecule has 2 saturated carbocycles. The Balaban J connectivity index is 1.76. The molecule has 140 valence electrons. The molecule has 0 bridgehead atoms. The number of fused-ring (bicyclic) bond motifs is 1. The van der Waals surface area contributed by atoms with Gasteiger partial charge < -0.3 is 5.11 Å². The maximum Gasteiger partial charge on any atom is 0.0754 e. The van der Waals surface area contributed by atoms with Crippen LogP contribution in [0.4, 0.5) is 0 Å². The van der Waals surface area contributed by atoms with E-state index < -0.39 is 0 Å². The lowest BCUT2D eigenvalue weighted by molar-refractivity contribution is -0.0919. The monoisotopic (exact) mass is 337 g/mol. The van der Waals surface area contributed by atoms with E-state index in [2.05, 4.69) is 50.6 Å². The van der Waals surface area contributed by atoms with Crippen LogP contribution >= 0.6 is 0 Å². The molecule has 3 aliphatic rings. The van der Waals surface area contributed by atoms with Gasteiger partial charge >= 0.3 is 0 Å². The van der Waals surface area contributed by atoms with Gasteiger partial charge in [0.25, 0.3) is 0 Å². The molecule has 1 heterocycles. The van der Waals surface area contributed by atoms with E-state index >= 15 is 0 Å². The second-order valence-electron chi connectivity index (χ2n) is 9.77. The van der Waals surface area contributed by atoms with Gasteiger partial charge in [-0.15, -0.1) is 0 Å². The number of aliphatic hydroxyl groups excluding tert-OH is 1. The highest BCUT2D eigenvalue weighted by Gasteiger charge is 2.47. The summed E-state index contributed by atoms with van der Waals surface area (Å²) in [7, 11) is 0. The van der Waals surface area contributed by atoms with Gasteiger partial charge in [0.15, 0.2) is 0 Å². The minimum Gasteiger partial charge on any atom is -0.391 e. The predicted octanol–water partition coefficient (Wildman–Crippen LogP) is 3.47. The van der Waals surface area contributed by atoms with E-state index in [1.54, 1.807) is 0 Å². The molecule has 0 aromatic carbocycles. The van der Waals surface area contributed by atoms with Crippen LogP contribution in [-0.2, 0) is 0 Å². The molecule has 7 atom stereocenters. The maximum atomic E-state index is 11.2. The molecule has 4 heteroatoms. The zero-order chi connectivity index (χ0) is 17.5. The number of nitrogens with one attached hydrogen (secondary N) is 2. The molecule has 1 aliphatic heterocycles. The first kappa shape index (κ1) is 18.6. The summed E-state index contributed by atoms with van der Waals surface area (Å²) in [5.41, 5.74) is 7.71. The predicted molar refractivity (Wildman–Crippen MR) is 99.1 cm³/mol. The Morgan fingerprint density at radius 1 is 1.08 bits per heavy atom. The topological polar surface area (TPSA) is 47.5 Å². The quantitative estimate of drug-likeness (QED) is 0.738. The molecule has 3 rings (SSSR count). The van der Waals surface area contributed by atoms with Crippen LogP contribution < -0.4 is 10.9 Å². The minimum absolute atomic E-state index is 0.188. The maximum absolute atomic E-state index is 11.2. The summed E-state index contributed by atoms with van der Waals surface area (Å²) in [6.45, 7) is 11.7. The third kappa shape index (κ3) is 3.67. The smallest absolute Gasteiger partial charge is 0.0754 e. The summed E-state index contributed by atoms with van der Waals surface area (Å²) in [5.74, 6) is 1.65. The van der Waals surface area contributed by atoms with E-state index in [1.165, 1.54) is 25.7 Å². The van der Waals surface area contributed by atoms with Gasteiger partial charge in [0.2, 0.25) is 0 Å². The molecular formula is C20H39N3O. The molecule has 4 nitrogen and oxygen atoms in total. The Labute approximate surface area is 148 Å². The highest BCUT2D eigenvalue weighted by Crippen LogP contribution is 2.44. The Bertz CT molecular complexity index is 408. The summed E-state index contributed by atoms with van der Waals surface area (Å²) in [6, 6.07) is 1.30. The van der Waals surface area contributed by atoms with Crippen molar-refractivity contribution in [1.82, 2.24) is 16.0 Å². The van der Waals surface area contributed by atoms with Crippen LogP contribution in [-0.4, -0.2) is 34.5 Å². The first-order chi connectivity index (χ1) is 11.3. The van der Waals surface area contributed by atoms with Crippen molar-refractivity contribution in [1.29, 1.82) is 0 Å². The van der Waals surface area contributed by atoms with Crippen molar-refractivity contribution < 1.29 is 5.11 Å². The van der Waals surface area contributed by atoms with E-state index in [0.717, 1.165) is 19.3 Å². The van der Waals surface area contributed by atoms with Crippen LogP contribution in [0.2, 0.25) is 0 Å². The lowest BCUT2D eigenvalue weighted by Gasteiger charge is -2.48. The molecule has 24 heavy (non-hydrogen) atoms. The van der Waals surface area contributed by atoms with Crippen molar-refractivity contribution in [2.75, 3.05) is 0 Å². The number of nitrogens with zero attached hydrogens (tertiary/aromatic N) is 1. The fourth-order valence-corrected chi connectivity index (χ4v) is 5.14. The summed E-state index contributed by atoms with van der Waals surface area (Å²) in [5, 5.41) is 13.4. The molecule has 0 amide bonds. The zero-order valence-corrected chi connectivity index (χ0v) is 16.4. The molecule has 0 aromatic heterocycles.